The van der Waals surface area contributed by atoms with Crippen molar-refractivity contribution < 1.29 is 17.9 Å². The van der Waals surface area contributed by atoms with Crippen LogP contribution in [0.5, 0.6) is 5.75 Å². The number of carbonyl (C=O) groups is 1. The molecule has 1 N–H and O–H groups in total. The van der Waals surface area contributed by atoms with Gasteiger partial charge in [-0.2, -0.15) is 0 Å². The number of nitrogens with zero attached hydrogens (tertiary/aromatic N) is 1. The van der Waals surface area contributed by atoms with E-state index in [1.165, 1.54) is 16.1 Å². The van der Waals surface area contributed by atoms with E-state index in [1.54, 1.807) is 31.4 Å². The number of hydrogen-bond acceptors (Lipinski definition) is 4. The summed E-state index contributed by atoms with van der Waals surface area (Å²) >= 11 is 0. The van der Waals surface area contributed by atoms with Gasteiger partial charge >= 0.3 is 0 Å². The van der Waals surface area contributed by atoms with Gasteiger partial charge in [0.25, 0.3) is 0 Å². The Morgan fingerprint density at radius 1 is 1.04 bits per heavy atom. The number of carbonyl (C=O) groups excluding carboxylic acids is 1. The highest BCUT2D eigenvalue weighted by molar-refractivity contribution is 7.88. The number of rotatable bonds is 10. The molecule has 7 heteroatoms. The molecule has 2 aromatic rings. The second kappa shape index (κ2) is 10.1. The van der Waals surface area contributed by atoms with Crippen LogP contribution in [0.4, 0.5) is 5.69 Å². The van der Waals surface area contributed by atoms with Crippen LogP contribution in [0.1, 0.15) is 18.4 Å². The Balaban J connectivity index is 1.83. The quantitative estimate of drug-likeness (QED) is 0.677. The average molecular weight is 391 g/mol. The number of benzene rings is 2. The van der Waals surface area contributed by atoms with Crippen LogP contribution in [-0.2, 0) is 21.2 Å². The number of anilines is 1. The van der Waals surface area contributed by atoms with Crippen LogP contribution in [0.3, 0.4) is 0 Å². The number of methoxy groups -OCH3 is 1. The molecule has 0 aliphatic heterocycles. The van der Waals surface area contributed by atoms with Crippen molar-refractivity contribution in [1.29, 1.82) is 0 Å². The largest absolute Gasteiger partial charge is 0.497 e. The third-order valence-corrected chi connectivity index (χ3v) is 5.45. The molecule has 0 bridgehead atoms. The minimum absolute atomic E-state index is 0.102. The summed E-state index contributed by atoms with van der Waals surface area (Å²) < 4.78 is 30.4. The molecule has 0 spiro atoms. The second-order valence-electron chi connectivity index (χ2n) is 6.28. The average Bonchev–Trinajstić information content (AvgIpc) is 2.65. The van der Waals surface area contributed by atoms with Crippen LogP contribution in [0.15, 0.2) is 54.6 Å². The van der Waals surface area contributed by atoms with Crippen LogP contribution < -0.4 is 10.1 Å². The molecule has 0 unspecified atom stereocenters. The summed E-state index contributed by atoms with van der Waals surface area (Å²) in [5, 5.41) is 2.77. The van der Waals surface area contributed by atoms with Gasteiger partial charge in [0.05, 0.1) is 13.4 Å². The minimum atomic E-state index is -3.36. The van der Waals surface area contributed by atoms with E-state index < -0.39 is 10.0 Å². The van der Waals surface area contributed by atoms with Gasteiger partial charge in [-0.3, -0.25) is 4.79 Å². The number of sulfonamides is 1. The van der Waals surface area contributed by atoms with Gasteiger partial charge in [0, 0.05) is 25.2 Å². The molecule has 2 rings (SSSR count). The van der Waals surface area contributed by atoms with E-state index in [4.69, 9.17) is 4.74 Å². The first-order valence-corrected chi connectivity index (χ1v) is 10.7. The summed E-state index contributed by atoms with van der Waals surface area (Å²) in [4.78, 5) is 12.1. The first kappa shape index (κ1) is 20.9. The molecule has 0 radical (unpaired) electrons. The maximum atomic E-state index is 12.1. The number of ether oxygens (including phenoxy) is 1. The van der Waals surface area contributed by atoms with Crippen molar-refractivity contribution in [1.82, 2.24) is 4.31 Å². The van der Waals surface area contributed by atoms with Crippen LogP contribution in [-0.4, -0.2) is 45.1 Å². The van der Waals surface area contributed by atoms with Crippen molar-refractivity contribution in [3.8, 4) is 5.75 Å². The summed E-state index contributed by atoms with van der Waals surface area (Å²) in [6.45, 7) is 0.555. The Kier molecular flexibility index (Phi) is 7.82. The Morgan fingerprint density at radius 2 is 1.70 bits per heavy atom. The van der Waals surface area contributed by atoms with E-state index in [9.17, 15) is 13.2 Å². The fourth-order valence-electron chi connectivity index (χ4n) is 2.67. The predicted molar refractivity (Wildman–Crippen MR) is 107 cm³/mol. The molecule has 0 atom stereocenters. The molecule has 0 heterocycles. The van der Waals surface area contributed by atoms with E-state index in [2.05, 4.69) is 5.32 Å². The minimum Gasteiger partial charge on any atom is -0.497 e. The summed E-state index contributed by atoms with van der Waals surface area (Å²) in [7, 11) is -1.79. The molecule has 6 nitrogen and oxygen atoms in total. The van der Waals surface area contributed by atoms with E-state index in [-0.39, 0.29) is 18.9 Å². The third-order valence-electron chi connectivity index (χ3n) is 4.15. The van der Waals surface area contributed by atoms with Gasteiger partial charge < -0.3 is 10.1 Å². The number of nitrogens with one attached hydrogen (secondary N) is 1. The molecule has 0 aromatic heterocycles. The van der Waals surface area contributed by atoms with E-state index in [1.807, 2.05) is 30.3 Å². The Hall–Kier alpha value is -2.38. The fraction of sp³-hybridized carbons (Fsp3) is 0.350. The van der Waals surface area contributed by atoms with Crippen molar-refractivity contribution in [2.75, 3.05) is 31.8 Å². The number of amides is 1. The zero-order valence-corrected chi connectivity index (χ0v) is 16.5. The Labute approximate surface area is 161 Å². The van der Waals surface area contributed by atoms with Crippen LogP contribution in [0, 0.1) is 0 Å². The van der Waals surface area contributed by atoms with Crippen molar-refractivity contribution >= 4 is 21.6 Å². The second-order valence-corrected chi connectivity index (χ2v) is 8.26. The lowest BCUT2D eigenvalue weighted by atomic mass is 10.1. The molecule has 27 heavy (non-hydrogen) atoms. The lowest BCUT2D eigenvalue weighted by Crippen LogP contribution is -2.34. The molecule has 1 amide bonds. The third kappa shape index (κ3) is 7.40. The monoisotopic (exact) mass is 390 g/mol. The highest BCUT2D eigenvalue weighted by atomic mass is 32.2. The molecular weight excluding hydrogens is 364 g/mol. The summed E-state index contributed by atoms with van der Waals surface area (Å²) in [6, 6.07) is 16.9. The van der Waals surface area contributed by atoms with E-state index >= 15 is 0 Å². The predicted octanol–water partition coefficient (Wildman–Crippen LogP) is 2.92. The maximum Gasteiger partial charge on any atom is 0.225 e. The maximum absolute atomic E-state index is 12.1. The number of hydrogen-bond donors (Lipinski definition) is 1. The molecule has 2 aromatic carbocycles. The van der Waals surface area contributed by atoms with Gasteiger partial charge in [-0.25, -0.2) is 12.7 Å². The van der Waals surface area contributed by atoms with Crippen molar-refractivity contribution in [2.45, 2.75) is 19.3 Å². The molecule has 0 saturated carbocycles. The molecule has 0 saturated heterocycles. The zero-order valence-electron chi connectivity index (χ0n) is 15.7. The van der Waals surface area contributed by atoms with Crippen LogP contribution in [0.25, 0.3) is 0 Å². The summed E-state index contributed by atoms with van der Waals surface area (Å²) in [5.41, 5.74) is 1.82. The van der Waals surface area contributed by atoms with Crippen molar-refractivity contribution in [3.05, 3.63) is 60.2 Å². The standard InChI is InChI=1S/C20H26N2O4S/c1-26-19-12-10-18(11-13-19)21-20(23)14-16-22(27(2,24)25)15-6-9-17-7-4-3-5-8-17/h3-5,7-8,10-13H,6,9,14-16H2,1-2H3,(H,21,23). The summed E-state index contributed by atoms with van der Waals surface area (Å²) in [6.07, 6.45) is 2.78. The van der Waals surface area contributed by atoms with Gasteiger partial charge in [-0.1, -0.05) is 30.3 Å². The highest BCUT2D eigenvalue weighted by Gasteiger charge is 2.17. The van der Waals surface area contributed by atoms with Gasteiger partial charge in [-0.05, 0) is 42.7 Å². The van der Waals surface area contributed by atoms with Crippen molar-refractivity contribution in [2.24, 2.45) is 0 Å². The van der Waals surface area contributed by atoms with Crippen molar-refractivity contribution in [3.63, 3.8) is 0 Å². The van der Waals surface area contributed by atoms with E-state index in [0.717, 1.165) is 6.42 Å². The van der Waals surface area contributed by atoms with Crippen LogP contribution >= 0.6 is 0 Å². The molecular formula is C20H26N2O4S. The summed E-state index contributed by atoms with van der Waals surface area (Å²) in [5.74, 6) is 0.478. The van der Waals surface area contributed by atoms with Gasteiger partial charge in [0.1, 0.15) is 5.75 Å². The first-order chi connectivity index (χ1) is 12.9. The van der Waals surface area contributed by atoms with Crippen LogP contribution in [0.2, 0.25) is 0 Å². The van der Waals surface area contributed by atoms with Gasteiger partial charge in [-0.15, -0.1) is 0 Å². The highest BCUT2D eigenvalue weighted by Crippen LogP contribution is 2.15. The molecule has 0 aliphatic rings. The lowest BCUT2D eigenvalue weighted by Gasteiger charge is -2.19. The lowest BCUT2D eigenvalue weighted by molar-refractivity contribution is -0.116. The molecule has 146 valence electrons. The Morgan fingerprint density at radius 3 is 2.30 bits per heavy atom. The SMILES string of the molecule is COc1ccc(NC(=O)CCN(CCCc2ccccc2)S(C)(=O)=O)cc1. The molecule has 0 aliphatic carbocycles. The van der Waals surface area contributed by atoms with Gasteiger partial charge in [0.15, 0.2) is 0 Å². The smallest absolute Gasteiger partial charge is 0.225 e. The van der Waals surface area contributed by atoms with Gasteiger partial charge in [0.2, 0.25) is 15.9 Å². The normalized spacial score (nSPS) is 11.4. The van der Waals surface area contributed by atoms with E-state index in [0.29, 0.717) is 24.4 Å². The topological polar surface area (TPSA) is 75.7 Å². The Bertz CT molecular complexity index is 821. The fourth-order valence-corrected chi connectivity index (χ4v) is 3.56. The number of aryl methyl sites for hydroxylation is 1. The first-order valence-electron chi connectivity index (χ1n) is 8.81. The molecule has 0 fully saturated rings. The zero-order chi connectivity index (χ0) is 19.7.